The largest absolute Gasteiger partial charge is 0.465 e. The Labute approximate surface area is 70.8 Å². The fourth-order valence-corrected chi connectivity index (χ4v) is 2.35. The van der Waals surface area contributed by atoms with Gasteiger partial charge in [0.1, 0.15) is 0 Å². The lowest BCUT2D eigenvalue weighted by Gasteiger charge is -2.51. The Morgan fingerprint density at radius 2 is 2.17 bits per heavy atom. The average Bonchev–Trinajstić information content (AvgIpc) is 1.91. The summed E-state index contributed by atoms with van der Waals surface area (Å²) >= 11 is 0. The summed E-state index contributed by atoms with van der Waals surface area (Å²) in [6, 6.07) is -0.101. The van der Waals surface area contributed by atoms with Crippen LogP contribution in [-0.4, -0.2) is 39.9 Å². The maximum absolute atomic E-state index is 10.6. The van der Waals surface area contributed by atoms with Crippen molar-refractivity contribution in [2.75, 3.05) is 6.54 Å². The molecule has 68 valence electrons. The first-order valence-electron chi connectivity index (χ1n) is 4.38. The van der Waals surface area contributed by atoms with E-state index in [4.69, 9.17) is 5.11 Å². The molecule has 0 aromatic rings. The van der Waals surface area contributed by atoms with Crippen LogP contribution >= 0.6 is 0 Å². The number of carbonyl (C=O) groups is 1. The minimum absolute atomic E-state index is 0.101. The van der Waals surface area contributed by atoms with Crippen LogP contribution < -0.4 is 0 Å². The maximum atomic E-state index is 10.6. The van der Waals surface area contributed by atoms with E-state index in [-0.39, 0.29) is 6.04 Å². The third-order valence-corrected chi connectivity index (χ3v) is 2.99. The molecule has 1 unspecified atom stereocenters. The first kappa shape index (κ1) is 7.86. The molecule has 0 spiro atoms. The first-order valence-corrected chi connectivity index (χ1v) is 4.38. The van der Waals surface area contributed by atoms with Crippen molar-refractivity contribution in [3.8, 4) is 0 Å². The summed E-state index contributed by atoms with van der Waals surface area (Å²) in [5, 5.41) is 18.2. The molecule has 1 aliphatic heterocycles. The predicted molar refractivity (Wildman–Crippen MR) is 41.9 cm³/mol. The Bertz CT molecular complexity index is 200. The molecule has 1 amide bonds. The summed E-state index contributed by atoms with van der Waals surface area (Å²) < 4.78 is 0. The summed E-state index contributed by atoms with van der Waals surface area (Å²) in [5.41, 5.74) is 0. The second kappa shape index (κ2) is 2.62. The van der Waals surface area contributed by atoms with E-state index in [9.17, 15) is 9.90 Å². The van der Waals surface area contributed by atoms with Crippen molar-refractivity contribution in [1.29, 1.82) is 0 Å². The normalized spacial score (nSPS) is 40.1. The van der Waals surface area contributed by atoms with Crippen LogP contribution in [0.1, 0.15) is 19.3 Å². The van der Waals surface area contributed by atoms with Gasteiger partial charge in [-0.25, -0.2) is 4.79 Å². The van der Waals surface area contributed by atoms with Crippen LogP contribution in [0.4, 0.5) is 4.79 Å². The van der Waals surface area contributed by atoms with Crippen molar-refractivity contribution < 1.29 is 15.0 Å². The number of fused-ring (bicyclic) bond motifs is 1. The Morgan fingerprint density at radius 3 is 2.75 bits per heavy atom. The molecule has 1 heterocycles. The summed E-state index contributed by atoms with van der Waals surface area (Å²) in [4.78, 5) is 12.0. The van der Waals surface area contributed by atoms with E-state index in [0.29, 0.717) is 12.5 Å². The highest BCUT2D eigenvalue weighted by molar-refractivity contribution is 5.67. The van der Waals surface area contributed by atoms with E-state index in [0.717, 1.165) is 19.3 Å². The van der Waals surface area contributed by atoms with Crippen molar-refractivity contribution >= 4 is 6.09 Å². The molecule has 0 aromatic heterocycles. The monoisotopic (exact) mass is 171 g/mol. The maximum Gasteiger partial charge on any atom is 0.407 e. The highest BCUT2D eigenvalue weighted by Gasteiger charge is 2.47. The molecule has 1 aliphatic carbocycles. The number of nitrogens with zero attached hydrogens (tertiary/aromatic N) is 1. The van der Waals surface area contributed by atoms with Crippen LogP contribution in [0.25, 0.3) is 0 Å². The van der Waals surface area contributed by atoms with E-state index in [2.05, 4.69) is 0 Å². The lowest BCUT2D eigenvalue weighted by Crippen LogP contribution is -2.64. The van der Waals surface area contributed by atoms with Gasteiger partial charge in [0.15, 0.2) is 0 Å². The smallest absolute Gasteiger partial charge is 0.407 e. The van der Waals surface area contributed by atoms with Crippen molar-refractivity contribution in [3.63, 3.8) is 0 Å². The molecular formula is C8H13NO3. The van der Waals surface area contributed by atoms with Crippen molar-refractivity contribution in [2.24, 2.45) is 5.92 Å². The molecule has 0 bridgehead atoms. The van der Waals surface area contributed by atoms with Gasteiger partial charge in [-0.15, -0.1) is 0 Å². The topological polar surface area (TPSA) is 60.8 Å². The molecule has 2 fully saturated rings. The minimum atomic E-state index is -0.891. The molecule has 2 rings (SSSR count). The molecule has 2 aliphatic rings. The highest BCUT2D eigenvalue weighted by atomic mass is 16.4. The van der Waals surface area contributed by atoms with Crippen LogP contribution in [0, 0.1) is 5.92 Å². The number of likely N-dealkylation sites (tertiary alicyclic amines) is 1. The van der Waals surface area contributed by atoms with Crippen LogP contribution in [-0.2, 0) is 0 Å². The Morgan fingerprint density at radius 1 is 1.42 bits per heavy atom. The Kier molecular flexibility index (Phi) is 1.72. The SMILES string of the molecule is O=C(O)N1C[C@H]2CCCC(O)[C@H]21. The fourth-order valence-electron chi connectivity index (χ4n) is 2.35. The van der Waals surface area contributed by atoms with Gasteiger partial charge < -0.3 is 15.1 Å². The van der Waals surface area contributed by atoms with Crippen molar-refractivity contribution in [3.05, 3.63) is 0 Å². The third-order valence-electron chi connectivity index (χ3n) is 2.99. The zero-order chi connectivity index (χ0) is 8.72. The van der Waals surface area contributed by atoms with E-state index < -0.39 is 12.2 Å². The molecule has 12 heavy (non-hydrogen) atoms. The molecule has 3 atom stereocenters. The van der Waals surface area contributed by atoms with E-state index >= 15 is 0 Å². The van der Waals surface area contributed by atoms with Gasteiger partial charge in [-0.1, -0.05) is 6.42 Å². The minimum Gasteiger partial charge on any atom is -0.465 e. The van der Waals surface area contributed by atoms with Gasteiger partial charge >= 0.3 is 6.09 Å². The zero-order valence-corrected chi connectivity index (χ0v) is 6.81. The summed E-state index contributed by atoms with van der Waals surface area (Å²) in [5.74, 6) is 0.421. The Balaban J connectivity index is 2.03. The van der Waals surface area contributed by atoms with Gasteiger partial charge in [0.25, 0.3) is 0 Å². The number of aliphatic hydroxyl groups excluding tert-OH is 1. The van der Waals surface area contributed by atoms with Gasteiger partial charge in [-0.05, 0) is 18.8 Å². The molecule has 4 heteroatoms. The molecule has 0 aromatic carbocycles. The van der Waals surface area contributed by atoms with Crippen molar-refractivity contribution in [2.45, 2.75) is 31.4 Å². The lowest BCUT2D eigenvalue weighted by molar-refractivity contribution is -0.0753. The lowest BCUT2D eigenvalue weighted by atomic mass is 9.75. The highest BCUT2D eigenvalue weighted by Crippen LogP contribution is 2.37. The first-order chi connectivity index (χ1) is 5.70. The van der Waals surface area contributed by atoms with Crippen LogP contribution in [0.2, 0.25) is 0 Å². The standard InChI is InChI=1S/C8H13NO3/c10-6-3-1-2-5-4-9(7(5)6)8(11)12/h5-7,10H,1-4H2,(H,11,12)/t5-,6?,7+/m1/s1. The number of amides is 1. The summed E-state index contributed by atoms with van der Waals surface area (Å²) in [6.45, 7) is 0.622. The zero-order valence-electron chi connectivity index (χ0n) is 6.81. The summed E-state index contributed by atoms with van der Waals surface area (Å²) in [6.07, 6.45) is 1.55. The average molecular weight is 171 g/mol. The predicted octanol–water partition coefficient (Wildman–Crippen LogP) is 0.510. The quantitative estimate of drug-likeness (QED) is 0.558. The van der Waals surface area contributed by atoms with Gasteiger partial charge in [0.2, 0.25) is 0 Å². The molecule has 0 radical (unpaired) electrons. The molecule has 1 saturated carbocycles. The van der Waals surface area contributed by atoms with Gasteiger partial charge in [-0.3, -0.25) is 0 Å². The fraction of sp³-hybridized carbons (Fsp3) is 0.875. The van der Waals surface area contributed by atoms with Crippen LogP contribution in [0.15, 0.2) is 0 Å². The summed E-state index contributed by atoms with van der Waals surface area (Å²) in [7, 11) is 0. The van der Waals surface area contributed by atoms with E-state index in [1.54, 1.807) is 0 Å². The number of aliphatic hydroxyl groups is 1. The third kappa shape index (κ3) is 0.982. The number of hydrogen-bond acceptors (Lipinski definition) is 2. The van der Waals surface area contributed by atoms with Gasteiger partial charge in [0.05, 0.1) is 12.1 Å². The van der Waals surface area contributed by atoms with E-state index in [1.165, 1.54) is 4.90 Å². The molecule has 2 N–H and O–H groups in total. The number of carboxylic acid groups (broad SMARTS) is 1. The van der Waals surface area contributed by atoms with Crippen LogP contribution in [0.5, 0.6) is 0 Å². The van der Waals surface area contributed by atoms with Crippen molar-refractivity contribution in [1.82, 2.24) is 4.90 Å². The van der Waals surface area contributed by atoms with Crippen LogP contribution in [0.3, 0.4) is 0 Å². The second-order valence-corrected chi connectivity index (χ2v) is 3.68. The van der Waals surface area contributed by atoms with E-state index in [1.807, 2.05) is 0 Å². The van der Waals surface area contributed by atoms with Gasteiger partial charge in [0, 0.05) is 6.54 Å². The molecular weight excluding hydrogens is 158 g/mol. The second-order valence-electron chi connectivity index (χ2n) is 3.68. The Hall–Kier alpha value is -0.770. The number of rotatable bonds is 0. The number of hydrogen-bond donors (Lipinski definition) is 2. The molecule has 4 nitrogen and oxygen atoms in total. The van der Waals surface area contributed by atoms with Gasteiger partial charge in [-0.2, -0.15) is 0 Å². The molecule has 1 saturated heterocycles.